The highest BCUT2D eigenvalue weighted by Gasteiger charge is 2.55. The van der Waals surface area contributed by atoms with Gasteiger partial charge in [-0.05, 0) is 89.7 Å². The summed E-state index contributed by atoms with van der Waals surface area (Å²) in [5, 5.41) is 21.5. The second-order valence-electron chi connectivity index (χ2n) is 14.1. The van der Waals surface area contributed by atoms with Crippen LogP contribution in [0.5, 0.6) is 0 Å². The van der Waals surface area contributed by atoms with E-state index in [1.807, 2.05) is 47.8 Å². The van der Waals surface area contributed by atoms with Crippen molar-refractivity contribution in [2.24, 2.45) is 23.7 Å². The topological polar surface area (TPSA) is 149 Å². The Morgan fingerprint density at radius 1 is 1.17 bits per heavy atom. The first kappa shape index (κ1) is 39.1. The van der Waals surface area contributed by atoms with Gasteiger partial charge in [0, 0.05) is 38.4 Å². The lowest BCUT2D eigenvalue weighted by molar-refractivity contribution is -0.147. The molecule has 9 atom stereocenters. The highest BCUT2D eigenvalue weighted by atomic mass is 16.6. The molecule has 1 saturated heterocycles. The van der Waals surface area contributed by atoms with Crippen molar-refractivity contribution in [1.29, 1.82) is 0 Å². The lowest BCUT2D eigenvalue weighted by atomic mass is 9.62. The van der Waals surface area contributed by atoms with Gasteiger partial charge in [-0.2, -0.15) is 0 Å². The average molecular weight is 667 g/mol. The van der Waals surface area contributed by atoms with Gasteiger partial charge in [0.15, 0.2) is 0 Å². The number of aliphatic carboxylic acids is 1. The van der Waals surface area contributed by atoms with Crippen molar-refractivity contribution in [2.45, 2.75) is 117 Å². The Balaban J connectivity index is 1.63. The number of pyridine rings is 1. The normalized spacial score (nSPS) is 23.1. The number of cyclic esters (lactones) is 1. The van der Waals surface area contributed by atoms with Crippen LogP contribution in [0.1, 0.15) is 81.1 Å². The summed E-state index contributed by atoms with van der Waals surface area (Å²) in [7, 11) is 8.13. The zero-order chi connectivity index (χ0) is 35.8. The summed E-state index contributed by atoms with van der Waals surface area (Å²) < 4.78 is 13.8. The van der Waals surface area contributed by atoms with Crippen LogP contribution in [0.15, 0.2) is 30.6 Å². The number of rotatable bonds is 20. The van der Waals surface area contributed by atoms with Crippen LogP contribution in [0.3, 0.4) is 0 Å². The van der Waals surface area contributed by atoms with Gasteiger partial charge in [0.2, 0.25) is 0 Å². The molecule has 2 aromatic rings. The number of carbonyl (C=O) groups excluding carboxylic acids is 2. The number of carboxylic acids is 1. The standard InChI is InChI=1S/C35H55BN6O6/c1-10-23(3)35(8)31(26(6)38-20-22(2)19-34(7,47-9)30(36)24(4)29(43)25(5)32(44)45)42(33(46)48-35)18-14-13-17-41-21-28(39-40-41)27-15-11-12-16-37-27/h11-12,15-16,21-26,30-31,38H,10,13-14,17-20H2,1-9H3,(H,44,45)/t22-,23-,24-,25-,26-,30-,31-,34-,35-/m1/s1. The van der Waals surface area contributed by atoms with Crippen LogP contribution in [0.2, 0.25) is 5.82 Å². The third-order valence-electron chi connectivity index (χ3n) is 10.5. The van der Waals surface area contributed by atoms with Gasteiger partial charge in [0.05, 0.1) is 31.4 Å². The van der Waals surface area contributed by atoms with Crippen LogP contribution in [-0.2, 0) is 25.6 Å². The van der Waals surface area contributed by atoms with E-state index < -0.39 is 40.6 Å². The summed E-state index contributed by atoms with van der Waals surface area (Å²) in [5.74, 6) is -3.88. The SMILES string of the molecule is [B][C@H]([C@H](C)C(=O)[C@@H](C)C(=O)O)[C@@](C)(C[C@@H](C)CN[C@H](C)[C@H]1N(CCCCn2cc(-c3ccccn3)nn2)C(=O)O[C@]1(C)[C@H](C)CC)OC. The van der Waals surface area contributed by atoms with Crippen molar-refractivity contribution < 1.29 is 29.0 Å². The molecule has 1 fully saturated rings. The van der Waals surface area contributed by atoms with E-state index >= 15 is 0 Å². The van der Waals surface area contributed by atoms with Crippen molar-refractivity contribution in [3.05, 3.63) is 30.6 Å². The lowest BCUT2D eigenvalue weighted by Gasteiger charge is -2.41. The van der Waals surface area contributed by atoms with Gasteiger partial charge in [0.25, 0.3) is 0 Å². The summed E-state index contributed by atoms with van der Waals surface area (Å²) in [6, 6.07) is 5.40. The number of carbonyl (C=O) groups is 3. The third kappa shape index (κ3) is 9.02. The number of unbranched alkanes of at least 4 members (excludes halogenated alkanes) is 1. The van der Waals surface area contributed by atoms with Gasteiger partial charge < -0.3 is 19.9 Å². The van der Waals surface area contributed by atoms with Crippen LogP contribution in [0, 0.1) is 23.7 Å². The highest BCUT2D eigenvalue weighted by molar-refractivity contribution is 6.15. The van der Waals surface area contributed by atoms with Crippen molar-refractivity contribution in [2.75, 3.05) is 20.2 Å². The molecule has 1 amide bonds. The monoisotopic (exact) mass is 666 g/mol. The van der Waals surface area contributed by atoms with Crippen LogP contribution in [0.25, 0.3) is 11.4 Å². The molecule has 264 valence electrons. The molecule has 12 nitrogen and oxygen atoms in total. The Hall–Kier alpha value is -3.32. The third-order valence-corrected chi connectivity index (χ3v) is 10.5. The molecule has 1 aliphatic rings. The molecule has 3 rings (SSSR count). The van der Waals surface area contributed by atoms with Gasteiger partial charge >= 0.3 is 12.1 Å². The van der Waals surface area contributed by atoms with Crippen molar-refractivity contribution >= 4 is 25.7 Å². The Bertz CT molecular complexity index is 1360. The van der Waals surface area contributed by atoms with Gasteiger partial charge in [0.1, 0.15) is 23.0 Å². The number of ether oxygens (including phenoxy) is 2. The molecular weight excluding hydrogens is 611 g/mol. The molecule has 0 unspecified atom stereocenters. The molecule has 2 N–H and O–H groups in total. The smallest absolute Gasteiger partial charge is 0.410 e. The fraction of sp³-hybridized carbons (Fsp3) is 0.714. The van der Waals surface area contributed by atoms with E-state index in [2.05, 4.69) is 48.3 Å². The van der Waals surface area contributed by atoms with E-state index in [9.17, 15) is 19.5 Å². The maximum absolute atomic E-state index is 13.3. The average Bonchev–Trinajstić information content (AvgIpc) is 3.65. The highest BCUT2D eigenvalue weighted by Crippen LogP contribution is 2.40. The molecule has 2 radical (unpaired) electrons. The van der Waals surface area contributed by atoms with Crippen LogP contribution in [0.4, 0.5) is 4.79 Å². The van der Waals surface area contributed by atoms with E-state index in [-0.39, 0.29) is 30.0 Å². The number of ketones is 1. The van der Waals surface area contributed by atoms with Crippen molar-refractivity contribution in [3.63, 3.8) is 0 Å². The predicted molar refractivity (Wildman–Crippen MR) is 184 cm³/mol. The molecular formula is C35H55BN6O6. The summed E-state index contributed by atoms with van der Waals surface area (Å²) in [6.45, 7) is 17.2. The zero-order valence-electron chi connectivity index (χ0n) is 30.2. The maximum atomic E-state index is 13.3. The zero-order valence-corrected chi connectivity index (χ0v) is 30.2. The number of hydrogen-bond donors (Lipinski definition) is 2. The van der Waals surface area contributed by atoms with E-state index in [1.54, 1.807) is 20.2 Å². The molecule has 0 spiro atoms. The number of amides is 1. The number of aromatic nitrogens is 4. The summed E-state index contributed by atoms with van der Waals surface area (Å²) in [4.78, 5) is 43.7. The fourth-order valence-corrected chi connectivity index (χ4v) is 6.96. The number of nitrogens with zero attached hydrogens (tertiary/aromatic N) is 5. The molecule has 2 aromatic heterocycles. The minimum absolute atomic E-state index is 0.0858. The minimum atomic E-state index is -1.16. The number of hydrogen-bond acceptors (Lipinski definition) is 9. The predicted octanol–water partition coefficient (Wildman–Crippen LogP) is 5.04. The van der Waals surface area contributed by atoms with Crippen LogP contribution in [-0.4, -0.2) is 99.2 Å². The number of Topliss-reactive ketones (excluding diaryl/α,β-unsaturated/α-hetero) is 1. The molecule has 0 aliphatic carbocycles. The fourth-order valence-electron chi connectivity index (χ4n) is 6.96. The molecule has 13 heteroatoms. The molecule has 1 aliphatic heterocycles. The largest absolute Gasteiger partial charge is 0.481 e. The van der Waals surface area contributed by atoms with Crippen molar-refractivity contribution in [1.82, 2.24) is 30.2 Å². The number of methoxy groups -OCH3 is 1. The Morgan fingerprint density at radius 2 is 1.85 bits per heavy atom. The maximum Gasteiger partial charge on any atom is 0.410 e. The minimum Gasteiger partial charge on any atom is -0.481 e. The van der Waals surface area contributed by atoms with E-state index in [4.69, 9.17) is 17.3 Å². The van der Waals surface area contributed by atoms with Gasteiger partial charge in [-0.1, -0.05) is 39.0 Å². The Kier molecular flexibility index (Phi) is 13.8. The molecule has 48 heavy (non-hydrogen) atoms. The summed E-state index contributed by atoms with van der Waals surface area (Å²) in [6.07, 6.45) is 6.30. The molecule has 3 heterocycles. The van der Waals surface area contributed by atoms with Crippen LogP contribution < -0.4 is 5.32 Å². The molecule has 0 saturated carbocycles. The number of nitrogens with one attached hydrogen (secondary N) is 1. The van der Waals surface area contributed by atoms with Gasteiger partial charge in [-0.15, -0.1) is 5.10 Å². The molecule has 0 aromatic carbocycles. The summed E-state index contributed by atoms with van der Waals surface area (Å²) in [5.41, 5.74) is -0.0356. The first-order valence-corrected chi connectivity index (χ1v) is 17.2. The Morgan fingerprint density at radius 3 is 2.46 bits per heavy atom. The van der Waals surface area contributed by atoms with E-state index in [0.717, 1.165) is 30.7 Å². The first-order valence-electron chi connectivity index (χ1n) is 17.2. The van der Waals surface area contributed by atoms with Gasteiger partial charge in [-0.3, -0.25) is 24.2 Å². The first-order chi connectivity index (χ1) is 22.6. The second-order valence-corrected chi connectivity index (χ2v) is 14.1. The second kappa shape index (κ2) is 16.9. The lowest BCUT2D eigenvalue weighted by Crippen LogP contribution is -2.58. The van der Waals surface area contributed by atoms with E-state index in [0.29, 0.717) is 26.1 Å². The van der Waals surface area contributed by atoms with Crippen LogP contribution >= 0.6 is 0 Å². The quantitative estimate of drug-likeness (QED) is 0.112. The molecule has 0 bridgehead atoms. The van der Waals surface area contributed by atoms with Crippen molar-refractivity contribution in [3.8, 4) is 11.4 Å². The number of carboxylic acid groups (broad SMARTS) is 1. The van der Waals surface area contributed by atoms with Gasteiger partial charge in [-0.25, -0.2) is 4.79 Å². The summed E-state index contributed by atoms with van der Waals surface area (Å²) >= 11 is 0. The number of aryl methyl sites for hydroxylation is 1. The van der Waals surface area contributed by atoms with E-state index in [1.165, 1.54) is 6.92 Å². The Labute approximate surface area is 287 Å².